The van der Waals surface area contributed by atoms with Gasteiger partial charge in [-0.2, -0.15) is 9.40 Å². The van der Waals surface area contributed by atoms with Crippen molar-refractivity contribution in [3.8, 4) is 22.5 Å². The van der Waals surface area contributed by atoms with Crippen LogP contribution < -0.4 is 5.32 Å². The normalized spacial score (nSPS) is 15.6. The number of hydrogen-bond donors (Lipinski definition) is 3. The van der Waals surface area contributed by atoms with Crippen molar-refractivity contribution in [1.82, 2.24) is 29.5 Å². The van der Waals surface area contributed by atoms with E-state index in [9.17, 15) is 17.2 Å². The number of fused-ring (bicyclic) bond motifs is 1. The van der Waals surface area contributed by atoms with Crippen molar-refractivity contribution < 1.29 is 17.2 Å². The van der Waals surface area contributed by atoms with Gasteiger partial charge in [0, 0.05) is 40.1 Å². The predicted molar refractivity (Wildman–Crippen MR) is 130 cm³/mol. The minimum Gasteiger partial charge on any atom is -0.344 e. The molecule has 0 unspecified atom stereocenters. The smallest absolute Gasteiger partial charge is 0.275 e. The highest BCUT2D eigenvalue weighted by Gasteiger charge is 2.50. The first-order chi connectivity index (χ1) is 17.3. The average Bonchev–Trinajstić information content (AvgIpc) is 3.53. The number of nitrogens with zero attached hydrogens (tertiary/aromatic N) is 4. The Morgan fingerprint density at radius 3 is 2.47 bits per heavy atom. The lowest BCUT2D eigenvalue weighted by Crippen LogP contribution is -2.58. The second kappa shape index (κ2) is 8.21. The minimum absolute atomic E-state index is 0.125. The summed E-state index contributed by atoms with van der Waals surface area (Å²) in [7, 11) is -4.02. The van der Waals surface area contributed by atoms with Crippen molar-refractivity contribution in [2.45, 2.75) is 10.9 Å². The molecular formula is C24H19F2N7O2S. The van der Waals surface area contributed by atoms with E-state index in [0.29, 0.717) is 28.1 Å². The Balaban J connectivity index is 1.23. The monoisotopic (exact) mass is 507 g/mol. The maximum Gasteiger partial charge on any atom is 0.275 e. The number of sulfonamides is 1. The van der Waals surface area contributed by atoms with Crippen molar-refractivity contribution in [2.75, 3.05) is 18.4 Å². The van der Waals surface area contributed by atoms with E-state index in [2.05, 4.69) is 30.5 Å². The molecule has 0 atom stereocenters. The molecule has 1 aliphatic heterocycles. The summed E-state index contributed by atoms with van der Waals surface area (Å²) >= 11 is 0. The first-order valence-corrected chi connectivity index (χ1v) is 12.4. The fourth-order valence-electron chi connectivity index (χ4n) is 4.03. The zero-order valence-electron chi connectivity index (χ0n) is 18.6. The number of anilines is 2. The van der Waals surface area contributed by atoms with Crippen LogP contribution >= 0.6 is 0 Å². The quantitative estimate of drug-likeness (QED) is 0.313. The Morgan fingerprint density at radius 2 is 1.75 bits per heavy atom. The van der Waals surface area contributed by atoms with Crippen molar-refractivity contribution in [3.63, 3.8) is 0 Å². The van der Waals surface area contributed by atoms with E-state index in [1.54, 1.807) is 36.7 Å². The number of hydrogen-bond acceptors (Lipinski definition) is 6. The fourth-order valence-corrected chi connectivity index (χ4v) is 5.54. The molecule has 3 aromatic heterocycles. The SMILES string of the molecule is O=S(=O)(c1cc2ccc(-c3nccc(Nc4ccc(-c5cn[nH]c5)cc4)n3)cc2[nH]1)N1CC(F)(F)C1. The van der Waals surface area contributed by atoms with E-state index >= 15 is 0 Å². The third-order valence-electron chi connectivity index (χ3n) is 5.93. The Kier molecular flexibility index (Phi) is 5.09. The van der Waals surface area contributed by atoms with E-state index in [1.165, 1.54) is 6.07 Å². The molecule has 0 radical (unpaired) electrons. The number of H-pyrrole nitrogens is 2. The Hall–Kier alpha value is -4.16. The van der Waals surface area contributed by atoms with Crippen LogP contribution in [-0.2, 0) is 10.0 Å². The molecule has 2 aromatic carbocycles. The van der Waals surface area contributed by atoms with Crippen molar-refractivity contribution in [1.29, 1.82) is 0 Å². The summed E-state index contributed by atoms with van der Waals surface area (Å²) in [5, 5.41) is 10.5. The first-order valence-electron chi connectivity index (χ1n) is 11.0. The van der Waals surface area contributed by atoms with Gasteiger partial charge in [0.25, 0.3) is 15.9 Å². The van der Waals surface area contributed by atoms with Crippen LogP contribution in [0.3, 0.4) is 0 Å². The van der Waals surface area contributed by atoms with Crippen molar-refractivity contribution >= 4 is 32.4 Å². The van der Waals surface area contributed by atoms with Crippen LogP contribution in [-0.4, -0.2) is 56.9 Å². The van der Waals surface area contributed by atoms with Gasteiger partial charge in [-0.1, -0.05) is 24.3 Å². The van der Waals surface area contributed by atoms with Crippen molar-refractivity contribution in [3.05, 3.63) is 73.2 Å². The van der Waals surface area contributed by atoms with Gasteiger partial charge in [0.15, 0.2) is 5.82 Å². The number of benzene rings is 2. The molecule has 0 saturated carbocycles. The lowest BCUT2D eigenvalue weighted by Gasteiger charge is -2.36. The highest BCUT2D eigenvalue weighted by Crippen LogP contribution is 2.33. The molecule has 1 aliphatic rings. The minimum atomic E-state index is -4.02. The van der Waals surface area contributed by atoms with Crippen LogP contribution in [0.25, 0.3) is 33.4 Å². The topological polar surface area (TPSA) is 120 Å². The lowest BCUT2D eigenvalue weighted by atomic mass is 10.1. The Bertz CT molecular complexity index is 1660. The first kappa shape index (κ1) is 22.3. The van der Waals surface area contributed by atoms with Crippen LogP contribution in [0.5, 0.6) is 0 Å². The van der Waals surface area contributed by atoms with E-state index in [-0.39, 0.29) is 5.03 Å². The van der Waals surface area contributed by atoms with Gasteiger partial charge in [-0.25, -0.2) is 27.2 Å². The molecule has 1 saturated heterocycles. The molecule has 0 spiro atoms. The second-order valence-corrected chi connectivity index (χ2v) is 10.4. The van der Waals surface area contributed by atoms with Gasteiger partial charge >= 0.3 is 0 Å². The highest BCUT2D eigenvalue weighted by atomic mass is 32.2. The Morgan fingerprint density at radius 1 is 0.972 bits per heavy atom. The summed E-state index contributed by atoms with van der Waals surface area (Å²) in [5.74, 6) is -1.95. The van der Waals surface area contributed by atoms with Gasteiger partial charge in [0.1, 0.15) is 10.8 Å². The molecule has 182 valence electrons. The van der Waals surface area contributed by atoms with E-state index in [1.807, 2.05) is 30.5 Å². The molecule has 0 aliphatic carbocycles. The number of alkyl halides is 2. The summed E-state index contributed by atoms with van der Waals surface area (Å²) in [4.78, 5) is 11.8. The van der Waals surface area contributed by atoms with Crippen LogP contribution in [0.1, 0.15) is 0 Å². The fraction of sp³-hybridized carbons (Fsp3) is 0.125. The van der Waals surface area contributed by atoms with Crippen LogP contribution in [0.2, 0.25) is 0 Å². The molecule has 3 N–H and O–H groups in total. The summed E-state index contributed by atoms with van der Waals surface area (Å²) < 4.78 is 52.4. The molecule has 36 heavy (non-hydrogen) atoms. The average molecular weight is 508 g/mol. The van der Waals surface area contributed by atoms with Crippen LogP contribution in [0.4, 0.5) is 20.3 Å². The van der Waals surface area contributed by atoms with E-state index in [4.69, 9.17) is 0 Å². The standard InChI is InChI=1S/C24H19F2N7O2S/c25-24(26)13-33(14-24)36(34,35)22-10-16-1-2-17(9-20(16)31-22)23-27-8-7-21(32-23)30-19-5-3-15(4-6-19)18-11-28-29-12-18/h1-12,31H,13-14H2,(H,28,29)(H,27,30,32). The zero-order valence-corrected chi connectivity index (χ0v) is 19.4. The van der Waals surface area contributed by atoms with Crippen LogP contribution in [0, 0.1) is 0 Å². The zero-order chi connectivity index (χ0) is 24.9. The second-order valence-electron chi connectivity index (χ2n) is 8.52. The molecule has 1 fully saturated rings. The molecule has 5 aromatic rings. The molecule has 0 amide bonds. The number of aromatic amines is 2. The summed E-state index contributed by atoms with van der Waals surface area (Å²) in [6, 6.07) is 16.3. The van der Waals surface area contributed by atoms with Gasteiger partial charge < -0.3 is 10.3 Å². The summed E-state index contributed by atoms with van der Waals surface area (Å²) in [6.07, 6.45) is 5.20. The van der Waals surface area contributed by atoms with Gasteiger partial charge in [0.2, 0.25) is 0 Å². The van der Waals surface area contributed by atoms with Gasteiger partial charge in [-0.05, 0) is 35.9 Å². The number of nitrogens with one attached hydrogen (secondary N) is 3. The summed E-state index contributed by atoms with van der Waals surface area (Å²) in [6.45, 7) is -1.62. The lowest BCUT2D eigenvalue weighted by molar-refractivity contribution is -0.0945. The molecule has 12 heteroatoms. The number of rotatable bonds is 6. The van der Waals surface area contributed by atoms with Crippen LogP contribution in [0.15, 0.2) is 78.2 Å². The maximum absolute atomic E-state index is 13.2. The molecule has 6 rings (SSSR count). The largest absolute Gasteiger partial charge is 0.344 e. The molecule has 0 bridgehead atoms. The third kappa shape index (κ3) is 4.10. The predicted octanol–water partition coefficient (Wildman–Crippen LogP) is 4.40. The van der Waals surface area contributed by atoms with Crippen molar-refractivity contribution in [2.24, 2.45) is 0 Å². The summed E-state index contributed by atoms with van der Waals surface area (Å²) in [5.41, 5.74) is 4.07. The van der Waals surface area contributed by atoms with E-state index in [0.717, 1.165) is 21.1 Å². The van der Waals surface area contributed by atoms with Gasteiger partial charge in [-0.15, -0.1) is 0 Å². The third-order valence-corrected chi connectivity index (χ3v) is 7.65. The van der Waals surface area contributed by atoms with Gasteiger partial charge in [-0.3, -0.25) is 5.10 Å². The van der Waals surface area contributed by atoms with Gasteiger partial charge in [0.05, 0.1) is 19.3 Å². The molecular weight excluding hydrogens is 488 g/mol. The number of aromatic nitrogens is 5. The Labute approximate surface area is 204 Å². The maximum atomic E-state index is 13.2. The molecule has 4 heterocycles. The van der Waals surface area contributed by atoms with E-state index < -0.39 is 29.0 Å². The number of halogens is 2. The molecule has 9 nitrogen and oxygen atoms in total. The highest BCUT2D eigenvalue weighted by molar-refractivity contribution is 7.89.